The van der Waals surface area contributed by atoms with Crippen LogP contribution in [-0.4, -0.2) is 52.5 Å². The highest BCUT2D eigenvalue weighted by molar-refractivity contribution is 7.89. The van der Waals surface area contributed by atoms with Crippen molar-refractivity contribution in [2.24, 2.45) is 0 Å². The lowest BCUT2D eigenvalue weighted by Gasteiger charge is -2.12. The zero-order chi connectivity index (χ0) is 22.9. The molecule has 2 heterocycles. The highest BCUT2D eigenvalue weighted by Gasteiger charge is 2.19. The summed E-state index contributed by atoms with van der Waals surface area (Å²) in [5.41, 5.74) is 1.80. The molecule has 31 heavy (non-hydrogen) atoms. The third-order valence-electron chi connectivity index (χ3n) is 4.73. The molecule has 0 spiro atoms. The fourth-order valence-electron chi connectivity index (χ4n) is 3.04. The van der Waals surface area contributed by atoms with Crippen LogP contribution in [0.1, 0.15) is 34.2 Å². The summed E-state index contributed by atoms with van der Waals surface area (Å²) >= 11 is 0. The number of carbonyl (C=O) groups is 1. The van der Waals surface area contributed by atoms with Crippen molar-refractivity contribution in [2.75, 3.05) is 19.4 Å². The Morgan fingerprint density at radius 3 is 2.39 bits per heavy atom. The normalized spacial score (nSPS) is 11.7. The van der Waals surface area contributed by atoms with E-state index in [1.807, 2.05) is 6.92 Å². The van der Waals surface area contributed by atoms with Gasteiger partial charge < -0.3 is 5.32 Å². The van der Waals surface area contributed by atoms with Gasteiger partial charge in [-0.1, -0.05) is 6.92 Å². The molecule has 0 saturated carbocycles. The standard InChI is InChI=1S/C20H24N6O4S/c1-6-16-13(3)21-20(23-19(16)28)26-17(11-12(2)24-26)22-18(27)14-7-9-15(10-8-14)31(29,30)25(4)5/h7-11H,6H2,1-5H3,(H,22,27)(H,21,23,28). The summed E-state index contributed by atoms with van der Waals surface area (Å²) in [6, 6.07) is 7.25. The van der Waals surface area contributed by atoms with Crippen molar-refractivity contribution in [3.8, 4) is 5.95 Å². The van der Waals surface area contributed by atoms with E-state index in [2.05, 4.69) is 20.4 Å². The Morgan fingerprint density at radius 2 is 1.84 bits per heavy atom. The number of hydrogen-bond acceptors (Lipinski definition) is 6. The van der Waals surface area contributed by atoms with Crippen molar-refractivity contribution in [1.82, 2.24) is 24.1 Å². The van der Waals surface area contributed by atoms with Crippen molar-refractivity contribution in [3.05, 3.63) is 63.2 Å². The zero-order valence-electron chi connectivity index (χ0n) is 17.9. The molecule has 0 atom stereocenters. The summed E-state index contributed by atoms with van der Waals surface area (Å²) in [7, 11) is -0.712. The number of nitrogens with one attached hydrogen (secondary N) is 2. The monoisotopic (exact) mass is 444 g/mol. The Labute approximate surface area is 180 Å². The number of aromatic amines is 1. The molecule has 3 rings (SSSR count). The second kappa shape index (κ2) is 8.44. The molecule has 0 aliphatic carbocycles. The van der Waals surface area contributed by atoms with Crippen molar-refractivity contribution in [2.45, 2.75) is 32.1 Å². The Balaban J connectivity index is 1.91. The molecule has 3 aromatic rings. The summed E-state index contributed by atoms with van der Waals surface area (Å²) < 4.78 is 26.8. The van der Waals surface area contributed by atoms with E-state index in [1.54, 1.807) is 19.9 Å². The van der Waals surface area contributed by atoms with Crippen LogP contribution in [0.2, 0.25) is 0 Å². The number of H-pyrrole nitrogens is 1. The van der Waals surface area contributed by atoms with Gasteiger partial charge in [-0.05, 0) is 44.5 Å². The molecule has 1 aromatic carbocycles. The number of carbonyl (C=O) groups excluding carboxylic acids is 1. The predicted octanol–water partition coefficient (Wildman–Crippen LogP) is 1.64. The van der Waals surface area contributed by atoms with Gasteiger partial charge in [0.05, 0.1) is 10.6 Å². The smallest absolute Gasteiger partial charge is 0.256 e. The van der Waals surface area contributed by atoms with Gasteiger partial charge in [-0.25, -0.2) is 17.7 Å². The number of amides is 1. The molecule has 0 aliphatic heterocycles. The van der Waals surface area contributed by atoms with Gasteiger partial charge in [0.1, 0.15) is 5.82 Å². The number of rotatable bonds is 6. The maximum Gasteiger partial charge on any atom is 0.256 e. The van der Waals surface area contributed by atoms with Gasteiger partial charge in [-0.3, -0.25) is 14.6 Å². The van der Waals surface area contributed by atoms with Crippen molar-refractivity contribution in [3.63, 3.8) is 0 Å². The van der Waals surface area contributed by atoms with E-state index in [-0.39, 0.29) is 22.0 Å². The van der Waals surface area contributed by atoms with Crippen LogP contribution >= 0.6 is 0 Å². The van der Waals surface area contributed by atoms with Crippen LogP contribution in [0.5, 0.6) is 0 Å². The molecule has 0 fully saturated rings. The number of aromatic nitrogens is 4. The SMILES string of the molecule is CCc1c(C)nc(-n2nc(C)cc2NC(=O)c2ccc(S(=O)(=O)N(C)C)cc2)[nH]c1=O. The lowest BCUT2D eigenvalue weighted by atomic mass is 10.2. The van der Waals surface area contributed by atoms with E-state index in [9.17, 15) is 18.0 Å². The first-order chi connectivity index (χ1) is 14.5. The number of hydrogen-bond donors (Lipinski definition) is 2. The zero-order valence-corrected chi connectivity index (χ0v) is 18.7. The predicted molar refractivity (Wildman–Crippen MR) is 116 cm³/mol. The van der Waals surface area contributed by atoms with Crippen LogP contribution < -0.4 is 10.9 Å². The molecule has 0 saturated heterocycles. The first kappa shape index (κ1) is 22.4. The minimum Gasteiger partial charge on any atom is -0.306 e. The van der Waals surface area contributed by atoms with Crippen LogP contribution in [0, 0.1) is 13.8 Å². The largest absolute Gasteiger partial charge is 0.306 e. The third-order valence-corrected chi connectivity index (χ3v) is 6.56. The van der Waals surface area contributed by atoms with Crippen LogP contribution in [-0.2, 0) is 16.4 Å². The molecular weight excluding hydrogens is 420 g/mol. The van der Waals surface area contributed by atoms with Crippen LogP contribution in [0.25, 0.3) is 5.95 Å². The molecule has 0 aliphatic rings. The fraction of sp³-hybridized carbons (Fsp3) is 0.300. The van der Waals surface area contributed by atoms with Gasteiger partial charge >= 0.3 is 0 Å². The third kappa shape index (κ3) is 4.42. The fourth-order valence-corrected chi connectivity index (χ4v) is 3.94. The minimum absolute atomic E-state index is 0.0863. The lowest BCUT2D eigenvalue weighted by Crippen LogP contribution is -2.23. The Morgan fingerprint density at radius 1 is 1.19 bits per heavy atom. The molecule has 2 aromatic heterocycles. The first-order valence-electron chi connectivity index (χ1n) is 9.55. The lowest BCUT2D eigenvalue weighted by molar-refractivity contribution is 0.102. The molecule has 164 valence electrons. The second-order valence-corrected chi connectivity index (χ2v) is 9.31. The van der Waals surface area contributed by atoms with Gasteiger partial charge in [-0.15, -0.1) is 0 Å². The summed E-state index contributed by atoms with van der Waals surface area (Å²) in [6.07, 6.45) is 0.551. The molecule has 2 N–H and O–H groups in total. The molecular formula is C20H24N6O4S. The van der Waals surface area contributed by atoms with Crippen LogP contribution in [0.15, 0.2) is 40.0 Å². The van der Waals surface area contributed by atoms with E-state index in [0.29, 0.717) is 29.2 Å². The minimum atomic E-state index is -3.59. The quantitative estimate of drug-likeness (QED) is 0.594. The highest BCUT2D eigenvalue weighted by Crippen LogP contribution is 2.18. The molecule has 0 radical (unpaired) electrons. The summed E-state index contributed by atoms with van der Waals surface area (Å²) in [6.45, 7) is 5.37. The van der Waals surface area contributed by atoms with E-state index in [0.717, 1.165) is 4.31 Å². The number of sulfonamides is 1. The first-order valence-corrected chi connectivity index (χ1v) is 11.0. The Hall–Kier alpha value is -3.31. The van der Waals surface area contributed by atoms with E-state index >= 15 is 0 Å². The van der Waals surface area contributed by atoms with Gasteiger partial charge in [0.2, 0.25) is 16.0 Å². The summed E-state index contributed by atoms with van der Waals surface area (Å²) in [5, 5.41) is 7.05. The molecule has 0 bridgehead atoms. The van der Waals surface area contributed by atoms with E-state index in [4.69, 9.17) is 0 Å². The maximum atomic E-state index is 12.7. The van der Waals surface area contributed by atoms with Crippen LogP contribution in [0.4, 0.5) is 5.82 Å². The number of anilines is 1. The van der Waals surface area contributed by atoms with E-state index < -0.39 is 15.9 Å². The van der Waals surface area contributed by atoms with Gasteiger partial charge in [0.25, 0.3) is 11.5 Å². The van der Waals surface area contributed by atoms with Gasteiger partial charge in [0, 0.05) is 37.0 Å². The van der Waals surface area contributed by atoms with Crippen molar-refractivity contribution >= 4 is 21.7 Å². The highest BCUT2D eigenvalue weighted by atomic mass is 32.2. The average molecular weight is 445 g/mol. The molecule has 1 amide bonds. The number of nitrogens with zero attached hydrogens (tertiary/aromatic N) is 4. The van der Waals surface area contributed by atoms with Crippen molar-refractivity contribution < 1.29 is 13.2 Å². The molecule has 10 nitrogen and oxygen atoms in total. The Kier molecular flexibility index (Phi) is 6.09. The van der Waals surface area contributed by atoms with Gasteiger partial charge in [0.15, 0.2) is 0 Å². The van der Waals surface area contributed by atoms with Crippen LogP contribution in [0.3, 0.4) is 0 Å². The Bertz CT molecular complexity index is 1290. The molecule has 0 unspecified atom stereocenters. The average Bonchev–Trinajstić information content (AvgIpc) is 3.07. The maximum absolute atomic E-state index is 12.7. The summed E-state index contributed by atoms with van der Waals surface area (Å²) in [5.74, 6) is 0.0500. The molecule has 11 heteroatoms. The number of benzene rings is 1. The van der Waals surface area contributed by atoms with Crippen molar-refractivity contribution in [1.29, 1.82) is 0 Å². The second-order valence-electron chi connectivity index (χ2n) is 7.16. The number of aryl methyl sites for hydroxylation is 2. The van der Waals surface area contributed by atoms with Gasteiger partial charge in [-0.2, -0.15) is 9.78 Å². The topological polar surface area (TPSA) is 130 Å². The van der Waals surface area contributed by atoms with E-state index in [1.165, 1.54) is 43.0 Å². The summed E-state index contributed by atoms with van der Waals surface area (Å²) in [4.78, 5) is 32.2.